The van der Waals surface area contributed by atoms with E-state index < -0.39 is 11.9 Å². The Balaban J connectivity index is 1.55. The molecule has 2 aliphatic heterocycles. The van der Waals surface area contributed by atoms with Crippen LogP contribution in [0.4, 0.5) is 0 Å². The number of rotatable bonds is 3. The lowest BCUT2D eigenvalue weighted by Crippen LogP contribution is -2.47. The maximum Gasteiger partial charge on any atom is 0.308 e. The van der Waals surface area contributed by atoms with Crippen LogP contribution in [0.25, 0.3) is 10.6 Å². The van der Waals surface area contributed by atoms with Crippen LogP contribution in [0.1, 0.15) is 30.3 Å². The van der Waals surface area contributed by atoms with Crippen LogP contribution in [0.15, 0.2) is 23.6 Å². The molecule has 27 heavy (non-hydrogen) atoms. The average molecular weight is 388 g/mol. The Kier molecular flexibility index (Phi) is 4.73. The second kappa shape index (κ2) is 7.19. The summed E-state index contributed by atoms with van der Waals surface area (Å²) in [6, 6.07) is 5.61. The van der Waals surface area contributed by atoms with Gasteiger partial charge in [-0.25, -0.2) is 4.98 Å². The number of hydrogen-bond acceptors (Lipinski definition) is 6. The number of ether oxygens (including phenoxy) is 2. The van der Waals surface area contributed by atoms with Crippen LogP contribution in [0.5, 0.6) is 11.5 Å². The minimum absolute atomic E-state index is 0.00698. The van der Waals surface area contributed by atoms with E-state index in [9.17, 15) is 14.7 Å². The number of piperidine rings is 1. The number of likely N-dealkylation sites (tertiary alicyclic amines) is 1. The van der Waals surface area contributed by atoms with E-state index in [1.807, 2.05) is 25.1 Å². The fraction of sp³-hybridized carbons (Fsp3) is 0.421. The van der Waals surface area contributed by atoms with Crippen LogP contribution in [0, 0.1) is 5.92 Å². The lowest BCUT2D eigenvalue weighted by atomic mass is 9.93. The van der Waals surface area contributed by atoms with E-state index >= 15 is 0 Å². The maximum atomic E-state index is 12.9. The monoisotopic (exact) mass is 388 g/mol. The number of thiazole rings is 1. The highest BCUT2D eigenvalue weighted by molar-refractivity contribution is 7.13. The molecule has 1 fully saturated rings. The normalized spacial score (nSPS) is 21.7. The van der Waals surface area contributed by atoms with Gasteiger partial charge in [0.05, 0.1) is 5.92 Å². The molecule has 0 saturated carbocycles. The molecule has 2 aliphatic rings. The van der Waals surface area contributed by atoms with E-state index in [2.05, 4.69) is 4.98 Å². The number of carboxylic acid groups (broad SMARTS) is 1. The first-order chi connectivity index (χ1) is 13.0. The Morgan fingerprint density at radius 1 is 1.22 bits per heavy atom. The van der Waals surface area contributed by atoms with E-state index in [-0.39, 0.29) is 18.5 Å². The Bertz CT molecular complexity index is 881. The quantitative estimate of drug-likeness (QED) is 0.870. The van der Waals surface area contributed by atoms with Gasteiger partial charge >= 0.3 is 5.97 Å². The lowest BCUT2D eigenvalue weighted by molar-refractivity contribution is -0.143. The highest BCUT2D eigenvalue weighted by Gasteiger charge is 2.33. The summed E-state index contributed by atoms with van der Waals surface area (Å²) in [6.45, 7) is 3.22. The molecule has 1 N–H and O–H groups in total. The molecule has 4 rings (SSSR count). The number of carbonyl (C=O) groups excluding carboxylic acids is 1. The molecule has 0 spiro atoms. The molecular formula is C19H20N2O5S. The van der Waals surface area contributed by atoms with Gasteiger partial charge in [0.15, 0.2) is 11.5 Å². The van der Waals surface area contributed by atoms with Gasteiger partial charge in [0.2, 0.25) is 0 Å². The van der Waals surface area contributed by atoms with E-state index in [0.29, 0.717) is 43.2 Å². The first-order valence-electron chi connectivity index (χ1n) is 8.92. The Morgan fingerprint density at radius 2 is 2.00 bits per heavy atom. The number of nitrogens with zero attached hydrogens (tertiary/aromatic N) is 2. The van der Waals surface area contributed by atoms with Gasteiger partial charge in [-0.15, -0.1) is 11.3 Å². The predicted octanol–water partition coefficient (Wildman–Crippen LogP) is 2.91. The molecule has 1 aromatic carbocycles. The van der Waals surface area contributed by atoms with Crippen molar-refractivity contribution >= 4 is 23.2 Å². The molecule has 0 bridgehead atoms. The summed E-state index contributed by atoms with van der Waals surface area (Å²) < 4.78 is 11.1. The number of carboxylic acids is 1. The van der Waals surface area contributed by atoms with Crippen molar-refractivity contribution < 1.29 is 24.2 Å². The molecular weight excluding hydrogens is 368 g/mol. The first kappa shape index (κ1) is 17.8. The third kappa shape index (κ3) is 3.49. The summed E-state index contributed by atoms with van der Waals surface area (Å²) in [7, 11) is 0. The van der Waals surface area contributed by atoms with Crippen LogP contribution in [0.2, 0.25) is 0 Å². The van der Waals surface area contributed by atoms with E-state index in [0.717, 1.165) is 10.6 Å². The second-order valence-corrected chi connectivity index (χ2v) is 7.67. The fourth-order valence-electron chi connectivity index (χ4n) is 3.42. The number of fused-ring (bicyclic) bond motifs is 1. The van der Waals surface area contributed by atoms with Crippen LogP contribution in [0.3, 0.4) is 0 Å². The van der Waals surface area contributed by atoms with Crippen LogP contribution >= 0.6 is 11.3 Å². The van der Waals surface area contributed by atoms with Gasteiger partial charge in [-0.3, -0.25) is 9.59 Å². The summed E-state index contributed by atoms with van der Waals surface area (Å²) in [5.74, 6) is -0.194. The molecule has 2 aromatic rings. The highest BCUT2D eigenvalue weighted by atomic mass is 32.1. The molecule has 0 aliphatic carbocycles. The molecule has 7 nitrogen and oxygen atoms in total. The number of amides is 1. The molecule has 2 atom stereocenters. The van der Waals surface area contributed by atoms with Gasteiger partial charge in [-0.1, -0.05) is 0 Å². The summed E-state index contributed by atoms with van der Waals surface area (Å²) >= 11 is 1.38. The van der Waals surface area contributed by atoms with Crippen LogP contribution in [-0.4, -0.2) is 52.7 Å². The van der Waals surface area contributed by atoms with Crippen molar-refractivity contribution in [2.75, 3.05) is 19.8 Å². The third-order valence-corrected chi connectivity index (χ3v) is 5.90. The number of hydrogen-bond donors (Lipinski definition) is 1. The summed E-state index contributed by atoms with van der Waals surface area (Å²) in [5.41, 5.74) is 1.21. The molecule has 3 heterocycles. The second-order valence-electron chi connectivity index (χ2n) is 6.82. The summed E-state index contributed by atoms with van der Waals surface area (Å²) in [6.07, 6.45) is 1.28. The number of aromatic nitrogens is 1. The van der Waals surface area contributed by atoms with E-state index in [1.54, 1.807) is 10.3 Å². The standard InChI is InChI=1S/C19H20N2O5S/c1-11-2-3-13(19(23)24)9-21(11)18(22)14-10-27-17(20-14)12-4-5-15-16(8-12)26-7-6-25-15/h4-5,8,10-11,13H,2-3,6-7,9H2,1H3,(H,23,24). The van der Waals surface area contributed by atoms with E-state index in [1.165, 1.54) is 11.3 Å². The van der Waals surface area contributed by atoms with Gasteiger partial charge in [0.1, 0.15) is 23.9 Å². The van der Waals surface area contributed by atoms with Crippen molar-refractivity contribution in [2.24, 2.45) is 5.92 Å². The van der Waals surface area contributed by atoms with Gasteiger partial charge < -0.3 is 19.5 Å². The van der Waals surface area contributed by atoms with E-state index in [4.69, 9.17) is 9.47 Å². The largest absolute Gasteiger partial charge is 0.486 e. The summed E-state index contributed by atoms with van der Waals surface area (Å²) in [5, 5.41) is 11.7. The minimum Gasteiger partial charge on any atom is -0.486 e. The van der Waals surface area contributed by atoms with Gasteiger partial charge in [0, 0.05) is 23.5 Å². The zero-order valence-corrected chi connectivity index (χ0v) is 15.7. The van der Waals surface area contributed by atoms with Crippen molar-refractivity contribution in [3.05, 3.63) is 29.3 Å². The zero-order valence-electron chi connectivity index (χ0n) is 14.9. The van der Waals surface area contributed by atoms with Crippen LogP contribution < -0.4 is 9.47 Å². The van der Waals surface area contributed by atoms with Crippen molar-refractivity contribution in [3.63, 3.8) is 0 Å². The fourth-order valence-corrected chi connectivity index (χ4v) is 4.21. The van der Waals surface area contributed by atoms with Crippen LogP contribution in [-0.2, 0) is 4.79 Å². The van der Waals surface area contributed by atoms with Crippen molar-refractivity contribution in [1.29, 1.82) is 0 Å². The average Bonchev–Trinajstić information content (AvgIpc) is 3.17. The SMILES string of the molecule is CC1CCC(C(=O)O)CN1C(=O)c1csc(-c2ccc3c(c2)OCCO3)n1. The van der Waals surface area contributed by atoms with Crippen molar-refractivity contribution in [2.45, 2.75) is 25.8 Å². The highest BCUT2D eigenvalue weighted by Crippen LogP contribution is 2.35. The van der Waals surface area contributed by atoms with Gasteiger partial charge in [-0.2, -0.15) is 0 Å². The Labute approximate surface area is 160 Å². The smallest absolute Gasteiger partial charge is 0.308 e. The number of benzene rings is 1. The molecule has 8 heteroatoms. The third-order valence-electron chi connectivity index (χ3n) is 5.00. The first-order valence-corrected chi connectivity index (χ1v) is 9.80. The molecule has 142 valence electrons. The summed E-state index contributed by atoms with van der Waals surface area (Å²) in [4.78, 5) is 30.3. The number of carbonyl (C=O) groups is 2. The topological polar surface area (TPSA) is 89.0 Å². The van der Waals surface area contributed by atoms with Gasteiger partial charge in [0.25, 0.3) is 5.91 Å². The molecule has 1 amide bonds. The Morgan fingerprint density at radius 3 is 2.78 bits per heavy atom. The molecule has 1 saturated heterocycles. The molecule has 2 unspecified atom stereocenters. The molecule has 1 aromatic heterocycles. The number of aliphatic carboxylic acids is 1. The lowest BCUT2D eigenvalue weighted by Gasteiger charge is -2.36. The zero-order chi connectivity index (χ0) is 19.0. The minimum atomic E-state index is -0.852. The van der Waals surface area contributed by atoms with Gasteiger partial charge in [-0.05, 0) is 38.0 Å². The molecule has 0 radical (unpaired) electrons. The van der Waals surface area contributed by atoms with Crippen molar-refractivity contribution in [1.82, 2.24) is 9.88 Å². The Hall–Kier alpha value is -2.61. The maximum absolute atomic E-state index is 12.9. The van der Waals surface area contributed by atoms with Crippen molar-refractivity contribution in [3.8, 4) is 22.1 Å². The predicted molar refractivity (Wildman–Crippen MR) is 99.4 cm³/mol.